The monoisotopic (exact) mass is 409 g/mol. The van der Waals surface area contributed by atoms with Crippen molar-refractivity contribution in [2.45, 2.75) is 51.8 Å². The highest BCUT2D eigenvalue weighted by Crippen LogP contribution is 2.36. The molecule has 4 rings (SSSR count). The summed E-state index contributed by atoms with van der Waals surface area (Å²) < 4.78 is 11.0. The largest absolute Gasteiger partial charge is 0.444 e. The second-order valence-electron chi connectivity index (χ2n) is 8.72. The third-order valence-corrected chi connectivity index (χ3v) is 5.69. The lowest BCUT2D eigenvalue weighted by molar-refractivity contribution is 0.00821. The summed E-state index contributed by atoms with van der Waals surface area (Å²) in [5.74, 6) is 1.57. The van der Waals surface area contributed by atoms with Gasteiger partial charge in [-0.1, -0.05) is 11.6 Å². The summed E-state index contributed by atoms with van der Waals surface area (Å²) in [4.78, 5) is 27.8. The van der Waals surface area contributed by atoms with Crippen molar-refractivity contribution in [2.24, 2.45) is 0 Å². The molecule has 0 N–H and O–H groups in total. The van der Waals surface area contributed by atoms with Gasteiger partial charge in [0, 0.05) is 31.7 Å². The number of morpholine rings is 1. The molecule has 154 valence electrons. The van der Waals surface area contributed by atoms with E-state index in [0.717, 1.165) is 30.9 Å². The number of anilines is 2. The quantitative estimate of drug-likeness (QED) is 0.694. The minimum atomic E-state index is -0.479. The Labute approximate surface area is 170 Å². The van der Waals surface area contributed by atoms with Gasteiger partial charge in [0.1, 0.15) is 16.6 Å². The number of likely N-dealkylation sites (tertiary alicyclic amines) is 1. The zero-order valence-electron chi connectivity index (χ0n) is 16.9. The van der Waals surface area contributed by atoms with Crippen molar-refractivity contribution in [3.63, 3.8) is 0 Å². The summed E-state index contributed by atoms with van der Waals surface area (Å²) in [7, 11) is 0. The highest BCUT2D eigenvalue weighted by molar-refractivity contribution is 6.30. The van der Waals surface area contributed by atoms with Crippen LogP contribution in [0.15, 0.2) is 0 Å². The maximum Gasteiger partial charge on any atom is 0.410 e. The van der Waals surface area contributed by atoms with Crippen LogP contribution in [0.5, 0.6) is 0 Å². The number of carbonyl (C=O) groups excluding carboxylic acids is 1. The van der Waals surface area contributed by atoms with E-state index < -0.39 is 5.60 Å². The molecule has 1 atom stereocenters. The van der Waals surface area contributed by atoms with Gasteiger partial charge in [-0.3, -0.25) is 0 Å². The number of carbonyl (C=O) groups is 1. The molecule has 1 unspecified atom stereocenters. The third-order valence-electron chi connectivity index (χ3n) is 5.38. The smallest absolute Gasteiger partial charge is 0.410 e. The van der Waals surface area contributed by atoms with Crippen LogP contribution in [-0.4, -0.2) is 78.0 Å². The van der Waals surface area contributed by atoms with E-state index in [2.05, 4.69) is 21.7 Å². The Hall–Kier alpha value is -1.80. The van der Waals surface area contributed by atoms with E-state index in [-0.39, 0.29) is 18.2 Å². The molecular weight excluding hydrogens is 382 g/mol. The molecule has 2 fully saturated rings. The zero-order chi connectivity index (χ0) is 20.1. The number of amides is 1. The molecule has 2 saturated heterocycles. The van der Waals surface area contributed by atoms with Gasteiger partial charge < -0.3 is 24.2 Å². The molecule has 8 nitrogen and oxygen atoms in total. The molecule has 3 aliphatic heterocycles. The Morgan fingerprint density at radius 3 is 2.64 bits per heavy atom. The lowest BCUT2D eigenvalue weighted by Crippen LogP contribution is -2.61. The van der Waals surface area contributed by atoms with Gasteiger partial charge in [-0.05, 0) is 34.1 Å². The van der Waals surface area contributed by atoms with Gasteiger partial charge in [0.2, 0.25) is 5.95 Å². The highest BCUT2D eigenvalue weighted by Gasteiger charge is 2.41. The van der Waals surface area contributed by atoms with Gasteiger partial charge in [0.05, 0.1) is 25.3 Å². The van der Waals surface area contributed by atoms with E-state index in [9.17, 15) is 4.79 Å². The van der Waals surface area contributed by atoms with Crippen LogP contribution in [0.4, 0.5) is 16.6 Å². The topological polar surface area (TPSA) is 71.0 Å². The van der Waals surface area contributed by atoms with E-state index >= 15 is 0 Å². The summed E-state index contributed by atoms with van der Waals surface area (Å²) >= 11 is 6.50. The number of rotatable bonds is 2. The van der Waals surface area contributed by atoms with Crippen molar-refractivity contribution in [3.05, 3.63) is 10.7 Å². The molecular formula is C19H28ClN5O3. The molecule has 0 bridgehead atoms. The number of fused-ring (bicyclic) bond motifs is 1. The summed E-state index contributed by atoms with van der Waals surface area (Å²) in [6.45, 7) is 12.0. The third kappa shape index (κ3) is 3.72. The van der Waals surface area contributed by atoms with Crippen molar-refractivity contribution in [1.29, 1.82) is 0 Å². The highest BCUT2D eigenvalue weighted by atomic mass is 35.5. The van der Waals surface area contributed by atoms with Crippen LogP contribution in [0.3, 0.4) is 0 Å². The van der Waals surface area contributed by atoms with Crippen LogP contribution in [0.25, 0.3) is 0 Å². The van der Waals surface area contributed by atoms with Crippen LogP contribution < -0.4 is 9.80 Å². The van der Waals surface area contributed by atoms with Crippen molar-refractivity contribution < 1.29 is 14.3 Å². The molecule has 1 aromatic heterocycles. The fraction of sp³-hybridized carbons (Fsp3) is 0.737. The van der Waals surface area contributed by atoms with Gasteiger partial charge in [0.25, 0.3) is 0 Å². The Morgan fingerprint density at radius 2 is 1.96 bits per heavy atom. The first kappa shape index (κ1) is 19.5. The Bertz CT molecular complexity index is 763. The lowest BCUT2D eigenvalue weighted by atomic mass is 10.1. The Morgan fingerprint density at radius 1 is 1.21 bits per heavy atom. The summed E-state index contributed by atoms with van der Waals surface area (Å²) in [5.41, 5.74) is 0.523. The van der Waals surface area contributed by atoms with E-state index in [1.54, 1.807) is 4.90 Å². The SMILES string of the molecule is CC1COCCN1c1nc(Cl)c2c(n1)N(C1CN(C(=O)OC(C)(C)C)C1)CC2. The summed E-state index contributed by atoms with van der Waals surface area (Å²) in [5, 5.41) is 0.532. The molecule has 1 amide bonds. The number of hydrogen-bond donors (Lipinski definition) is 0. The van der Waals surface area contributed by atoms with Gasteiger partial charge in [-0.2, -0.15) is 4.98 Å². The summed E-state index contributed by atoms with van der Waals surface area (Å²) in [6.07, 6.45) is 0.572. The molecule has 28 heavy (non-hydrogen) atoms. The standard InChI is InChI=1S/C19H28ClN5O3/c1-12-11-27-8-7-24(12)17-21-15(20)14-5-6-25(16(14)22-17)13-9-23(10-13)18(26)28-19(2,3)4/h12-13H,5-11H2,1-4H3. The average Bonchev–Trinajstić information content (AvgIpc) is 2.96. The van der Waals surface area contributed by atoms with Crippen LogP contribution in [-0.2, 0) is 15.9 Å². The summed E-state index contributed by atoms with van der Waals surface area (Å²) in [6, 6.07) is 0.443. The number of ether oxygens (including phenoxy) is 2. The van der Waals surface area contributed by atoms with E-state index in [0.29, 0.717) is 37.4 Å². The molecule has 0 spiro atoms. The lowest BCUT2D eigenvalue weighted by Gasteiger charge is -2.44. The van der Waals surface area contributed by atoms with Crippen molar-refractivity contribution in [1.82, 2.24) is 14.9 Å². The first-order valence-corrected chi connectivity index (χ1v) is 10.3. The normalized spacial score (nSPS) is 22.9. The molecule has 0 radical (unpaired) electrons. The molecule has 0 aromatic carbocycles. The van der Waals surface area contributed by atoms with Crippen LogP contribution in [0.1, 0.15) is 33.3 Å². The van der Waals surface area contributed by atoms with Gasteiger partial charge in [-0.15, -0.1) is 0 Å². The van der Waals surface area contributed by atoms with E-state index in [1.807, 2.05) is 20.8 Å². The molecule has 9 heteroatoms. The second kappa shape index (κ2) is 7.22. The maximum absolute atomic E-state index is 12.2. The molecule has 0 aliphatic carbocycles. The number of halogens is 1. The Balaban J connectivity index is 1.48. The maximum atomic E-state index is 12.2. The number of aromatic nitrogens is 2. The average molecular weight is 410 g/mol. The van der Waals surface area contributed by atoms with Gasteiger partial charge in [0.15, 0.2) is 0 Å². The molecule has 0 saturated carbocycles. The minimum absolute atomic E-state index is 0.212. The van der Waals surface area contributed by atoms with Gasteiger partial charge >= 0.3 is 6.09 Å². The first-order valence-electron chi connectivity index (χ1n) is 9.88. The van der Waals surface area contributed by atoms with Crippen LogP contribution >= 0.6 is 11.6 Å². The second-order valence-corrected chi connectivity index (χ2v) is 9.07. The molecule has 3 aliphatic rings. The predicted molar refractivity (Wildman–Crippen MR) is 107 cm³/mol. The van der Waals surface area contributed by atoms with Crippen molar-refractivity contribution in [2.75, 3.05) is 49.2 Å². The Kier molecular flexibility index (Phi) is 5.03. The fourth-order valence-electron chi connectivity index (χ4n) is 3.86. The van der Waals surface area contributed by atoms with Crippen molar-refractivity contribution in [3.8, 4) is 0 Å². The predicted octanol–water partition coefficient (Wildman–Crippen LogP) is 2.34. The number of nitrogens with zero attached hydrogens (tertiary/aromatic N) is 5. The molecule has 1 aromatic rings. The van der Waals surface area contributed by atoms with E-state index in [1.165, 1.54) is 0 Å². The van der Waals surface area contributed by atoms with Crippen LogP contribution in [0, 0.1) is 0 Å². The molecule has 4 heterocycles. The minimum Gasteiger partial charge on any atom is -0.444 e. The zero-order valence-corrected chi connectivity index (χ0v) is 17.7. The van der Waals surface area contributed by atoms with E-state index in [4.69, 9.17) is 26.1 Å². The van der Waals surface area contributed by atoms with Crippen molar-refractivity contribution >= 4 is 29.5 Å². The first-order chi connectivity index (χ1) is 13.2. The van der Waals surface area contributed by atoms with Gasteiger partial charge in [-0.25, -0.2) is 9.78 Å². The number of hydrogen-bond acceptors (Lipinski definition) is 7. The fourth-order valence-corrected chi connectivity index (χ4v) is 4.12. The van der Waals surface area contributed by atoms with Crippen LogP contribution in [0.2, 0.25) is 5.15 Å².